The molecule has 0 spiro atoms. The van der Waals surface area contributed by atoms with Crippen molar-refractivity contribution in [3.05, 3.63) is 0 Å². The van der Waals surface area contributed by atoms with Crippen LogP contribution in [0.25, 0.3) is 0 Å². The SMILES string of the molecule is O=C(NCCCO)NC1CCCCCC1. The molecular weight excluding hydrogens is 192 g/mol. The number of aliphatic hydroxyl groups is 1. The lowest BCUT2D eigenvalue weighted by atomic mass is 10.1. The van der Waals surface area contributed by atoms with Crippen molar-refractivity contribution in [2.45, 2.75) is 51.0 Å². The normalized spacial score (nSPS) is 18.2. The number of carbonyl (C=O) groups excluding carboxylic acids is 1. The number of urea groups is 1. The third-order valence-electron chi connectivity index (χ3n) is 2.81. The van der Waals surface area contributed by atoms with Gasteiger partial charge in [0, 0.05) is 19.2 Å². The number of amides is 2. The fourth-order valence-electron chi connectivity index (χ4n) is 1.94. The van der Waals surface area contributed by atoms with Gasteiger partial charge in [0.15, 0.2) is 0 Å². The molecule has 0 heterocycles. The zero-order chi connectivity index (χ0) is 10.9. The van der Waals surface area contributed by atoms with Crippen LogP contribution >= 0.6 is 0 Å². The van der Waals surface area contributed by atoms with E-state index < -0.39 is 0 Å². The molecule has 88 valence electrons. The largest absolute Gasteiger partial charge is 0.396 e. The lowest BCUT2D eigenvalue weighted by Crippen LogP contribution is -2.42. The Labute approximate surface area is 91.4 Å². The highest BCUT2D eigenvalue weighted by Gasteiger charge is 2.13. The van der Waals surface area contributed by atoms with Gasteiger partial charge in [-0.2, -0.15) is 0 Å². The van der Waals surface area contributed by atoms with E-state index >= 15 is 0 Å². The molecule has 1 fully saturated rings. The Bertz CT molecular complexity index is 177. The van der Waals surface area contributed by atoms with Crippen LogP contribution in [0.3, 0.4) is 0 Å². The third-order valence-corrected chi connectivity index (χ3v) is 2.81. The van der Waals surface area contributed by atoms with Gasteiger partial charge in [0.1, 0.15) is 0 Å². The van der Waals surface area contributed by atoms with Crippen molar-refractivity contribution in [2.75, 3.05) is 13.2 Å². The van der Waals surface area contributed by atoms with Crippen LogP contribution in [0.5, 0.6) is 0 Å². The van der Waals surface area contributed by atoms with Gasteiger partial charge >= 0.3 is 6.03 Å². The molecule has 4 heteroatoms. The quantitative estimate of drug-likeness (QED) is 0.489. The molecule has 0 aromatic rings. The average Bonchev–Trinajstić information content (AvgIpc) is 2.47. The first kappa shape index (κ1) is 12.3. The average molecular weight is 214 g/mol. The summed E-state index contributed by atoms with van der Waals surface area (Å²) in [6, 6.07) is 0.261. The van der Waals surface area contributed by atoms with Crippen LogP contribution in [0.4, 0.5) is 4.79 Å². The molecule has 4 nitrogen and oxygen atoms in total. The maximum absolute atomic E-state index is 11.4. The topological polar surface area (TPSA) is 61.4 Å². The zero-order valence-electron chi connectivity index (χ0n) is 9.30. The fourth-order valence-corrected chi connectivity index (χ4v) is 1.94. The maximum Gasteiger partial charge on any atom is 0.315 e. The summed E-state index contributed by atoms with van der Waals surface area (Å²) in [7, 11) is 0. The zero-order valence-corrected chi connectivity index (χ0v) is 9.30. The van der Waals surface area contributed by atoms with Gasteiger partial charge in [-0.05, 0) is 19.3 Å². The van der Waals surface area contributed by atoms with Gasteiger partial charge in [0.05, 0.1) is 0 Å². The molecular formula is C11H22N2O2. The van der Waals surface area contributed by atoms with Crippen LogP contribution in [0.2, 0.25) is 0 Å². The summed E-state index contributed by atoms with van der Waals surface area (Å²) in [6.07, 6.45) is 7.87. The first-order valence-corrected chi connectivity index (χ1v) is 5.98. The molecule has 3 N–H and O–H groups in total. The Kier molecular flexibility index (Phi) is 6.16. The molecule has 1 rings (SSSR count). The first-order chi connectivity index (χ1) is 7.33. The molecule has 1 aliphatic carbocycles. The predicted molar refractivity (Wildman–Crippen MR) is 59.7 cm³/mol. The minimum atomic E-state index is -0.0876. The third kappa shape index (κ3) is 5.62. The predicted octanol–water partition coefficient (Wildman–Crippen LogP) is 1.39. The van der Waals surface area contributed by atoms with Crippen molar-refractivity contribution in [1.82, 2.24) is 10.6 Å². The summed E-state index contributed by atoms with van der Waals surface area (Å²) >= 11 is 0. The van der Waals surface area contributed by atoms with Crippen molar-refractivity contribution in [2.24, 2.45) is 0 Å². The highest BCUT2D eigenvalue weighted by Crippen LogP contribution is 2.16. The lowest BCUT2D eigenvalue weighted by molar-refractivity contribution is 0.233. The van der Waals surface area contributed by atoms with Crippen LogP contribution in [0, 0.1) is 0 Å². The molecule has 0 aromatic heterocycles. The van der Waals surface area contributed by atoms with Gasteiger partial charge in [0.25, 0.3) is 0 Å². The van der Waals surface area contributed by atoms with Gasteiger partial charge in [-0.25, -0.2) is 4.79 Å². The molecule has 15 heavy (non-hydrogen) atoms. The molecule has 1 saturated carbocycles. The van der Waals surface area contributed by atoms with Crippen LogP contribution in [-0.4, -0.2) is 30.3 Å². The van der Waals surface area contributed by atoms with Crippen molar-refractivity contribution >= 4 is 6.03 Å². The maximum atomic E-state index is 11.4. The van der Waals surface area contributed by atoms with Crippen LogP contribution in [-0.2, 0) is 0 Å². The van der Waals surface area contributed by atoms with E-state index in [1.807, 2.05) is 0 Å². The molecule has 0 atom stereocenters. The summed E-state index contributed by atoms with van der Waals surface area (Å²) in [5.74, 6) is 0. The van der Waals surface area contributed by atoms with Gasteiger partial charge in [-0.3, -0.25) is 0 Å². The second-order valence-corrected chi connectivity index (χ2v) is 4.17. The number of hydrogen-bond donors (Lipinski definition) is 3. The van der Waals surface area contributed by atoms with Gasteiger partial charge < -0.3 is 15.7 Å². The Morgan fingerprint density at radius 1 is 1.20 bits per heavy atom. The van der Waals surface area contributed by atoms with E-state index in [2.05, 4.69) is 10.6 Å². The summed E-state index contributed by atoms with van der Waals surface area (Å²) < 4.78 is 0. The van der Waals surface area contributed by atoms with Crippen molar-refractivity contribution in [3.8, 4) is 0 Å². The van der Waals surface area contributed by atoms with Gasteiger partial charge in [-0.15, -0.1) is 0 Å². The number of nitrogens with one attached hydrogen (secondary N) is 2. The standard InChI is InChI=1S/C11H22N2O2/c14-9-5-8-12-11(15)13-10-6-3-1-2-4-7-10/h10,14H,1-9H2,(H2,12,13,15). The molecule has 0 radical (unpaired) electrons. The Morgan fingerprint density at radius 3 is 2.47 bits per heavy atom. The fraction of sp³-hybridized carbons (Fsp3) is 0.909. The smallest absolute Gasteiger partial charge is 0.315 e. The van der Waals surface area contributed by atoms with E-state index in [1.165, 1.54) is 25.7 Å². The van der Waals surface area contributed by atoms with Crippen LogP contribution in [0.15, 0.2) is 0 Å². The molecule has 0 bridgehead atoms. The molecule has 0 aliphatic heterocycles. The van der Waals surface area contributed by atoms with E-state index in [1.54, 1.807) is 0 Å². The number of aliphatic hydroxyl groups excluding tert-OH is 1. The van der Waals surface area contributed by atoms with Crippen molar-refractivity contribution in [1.29, 1.82) is 0 Å². The van der Waals surface area contributed by atoms with Crippen LogP contribution in [0.1, 0.15) is 44.9 Å². The molecule has 1 aliphatic rings. The molecule has 0 unspecified atom stereocenters. The number of rotatable bonds is 4. The summed E-state index contributed by atoms with van der Waals surface area (Å²) in [6.45, 7) is 0.679. The monoisotopic (exact) mass is 214 g/mol. The minimum absolute atomic E-state index is 0.0876. The molecule has 0 aromatic carbocycles. The van der Waals surface area contributed by atoms with Crippen molar-refractivity contribution in [3.63, 3.8) is 0 Å². The Hall–Kier alpha value is -0.770. The number of carbonyl (C=O) groups is 1. The molecule has 0 saturated heterocycles. The van der Waals surface area contributed by atoms with Crippen molar-refractivity contribution < 1.29 is 9.90 Å². The van der Waals surface area contributed by atoms with Gasteiger partial charge in [-0.1, -0.05) is 25.7 Å². The Morgan fingerprint density at radius 2 is 1.87 bits per heavy atom. The second kappa shape index (κ2) is 7.51. The van der Waals surface area contributed by atoms with Crippen LogP contribution < -0.4 is 10.6 Å². The first-order valence-electron chi connectivity index (χ1n) is 5.98. The van der Waals surface area contributed by atoms with E-state index in [-0.39, 0.29) is 12.6 Å². The highest BCUT2D eigenvalue weighted by atomic mass is 16.3. The van der Waals surface area contributed by atoms with E-state index in [0.29, 0.717) is 19.0 Å². The highest BCUT2D eigenvalue weighted by molar-refractivity contribution is 5.74. The summed E-state index contributed by atoms with van der Waals surface area (Å²) in [5.41, 5.74) is 0. The second-order valence-electron chi connectivity index (χ2n) is 4.17. The summed E-state index contributed by atoms with van der Waals surface area (Å²) in [4.78, 5) is 11.4. The van der Waals surface area contributed by atoms with Gasteiger partial charge in [0.2, 0.25) is 0 Å². The Balaban J connectivity index is 2.12. The van der Waals surface area contributed by atoms with E-state index in [4.69, 9.17) is 5.11 Å². The van der Waals surface area contributed by atoms with E-state index in [9.17, 15) is 4.79 Å². The van der Waals surface area contributed by atoms with E-state index in [0.717, 1.165) is 12.8 Å². The number of hydrogen-bond acceptors (Lipinski definition) is 2. The minimum Gasteiger partial charge on any atom is -0.396 e. The molecule has 2 amide bonds. The summed E-state index contributed by atoms with van der Waals surface area (Å²) in [5, 5.41) is 14.3. The lowest BCUT2D eigenvalue weighted by Gasteiger charge is -2.16.